The molecule has 0 radical (unpaired) electrons. The summed E-state index contributed by atoms with van der Waals surface area (Å²) in [4.78, 5) is 36.0. The minimum atomic E-state index is -4.77. The maximum atomic E-state index is 14.0. The van der Waals surface area contributed by atoms with Crippen molar-refractivity contribution in [2.75, 3.05) is 10.7 Å². The summed E-state index contributed by atoms with van der Waals surface area (Å²) in [6.07, 6.45) is -3.25. The first-order chi connectivity index (χ1) is 21.2. The predicted octanol–water partition coefficient (Wildman–Crippen LogP) is 7.43. The number of anilines is 1. The molecule has 0 N–H and O–H groups in total. The zero-order valence-electron chi connectivity index (χ0n) is 24.8. The maximum Gasteiger partial charge on any atom is 0.573 e. The number of aromatic nitrogens is 3. The Balaban J connectivity index is 1.28. The fourth-order valence-corrected chi connectivity index (χ4v) is 5.77. The third kappa shape index (κ3) is 7.42. The number of amides is 2. The Morgan fingerprint density at radius 1 is 1.04 bits per heavy atom. The van der Waals surface area contributed by atoms with Gasteiger partial charge in [-0.05, 0) is 64.9 Å². The number of carbonyl (C=O) groups is 2. The summed E-state index contributed by atoms with van der Waals surface area (Å²) in [5.74, 6) is -0.873. The first-order valence-electron chi connectivity index (χ1n) is 14.0. The van der Waals surface area contributed by atoms with Crippen molar-refractivity contribution in [1.29, 1.82) is 0 Å². The molecule has 1 aliphatic heterocycles. The normalized spacial score (nSPS) is 14.9. The number of carbonyl (C=O) groups excluding carboxylic acids is 2. The van der Waals surface area contributed by atoms with Crippen LogP contribution in [0.5, 0.6) is 5.75 Å². The summed E-state index contributed by atoms with van der Waals surface area (Å²) in [5.41, 5.74) is 2.64. The standard InChI is InChI=1S/C32H29F4N5O3S/c1-19(2)25-15-22(33)9-14-26(25)41-28(43)17-45-30(41)38-27(42)16-31(3,4)21-7-5-20(6-8-21)29-37-18-40(39-29)23-10-12-24(13-11-23)44-32(34,35)36/h5-15,18-19H,16-17H2,1-4H3. The summed E-state index contributed by atoms with van der Waals surface area (Å²) in [5, 5.41) is 4.70. The fraction of sp³-hybridized carbons (Fsp3) is 0.281. The Labute approximate surface area is 261 Å². The lowest BCUT2D eigenvalue weighted by atomic mass is 9.81. The number of nitrogens with zero attached hydrogens (tertiary/aromatic N) is 5. The topological polar surface area (TPSA) is 89.7 Å². The largest absolute Gasteiger partial charge is 0.573 e. The molecule has 0 saturated carbocycles. The third-order valence-electron chi connectivity index (χ3n) is 7.18. The van der Waals surface area contributed by atoms with Crippen LogP contribution in [0.25, 0.3) is 17.1 Å². The molecule has 2 heterocycles. The molecule has 1 aromatic heterocycles. The second kappa shape index (κ2) is 12.5. The lowest BCUT2D eigenvalue weighted by molar-refractivity contribution is -0.274. The molecule has 13 heteroatoms. The van der Waals surface area contributed by atoms with Gasteiger partial charge in [0, 0.05) is 12.0 Å². The molecule has 0 spiro atoms. The average molecular weight is 640 g/mol. The second-order valence-electron chi connectivity index (χ2n) is 11.4. The minimum absolute atomic E-state index is 0.0507. The average Bonchev–Trinajstić information content (AvgIpc) is 3.59. The highest BCUT2D eigenvalue weighted by atomic mass is 32.2. The molecule has 3 aromatic carbocycles. The number of aliphatic imine (C=N–C) groups is 1. The van der Waals surface area contributed by atoms with E-state index in [0.29, 0.717) is 28.3 Å². The van der Waals surface area contributed by atoms with Gasteiger partial charge < -0.3 is 4.74 Å². The van der Waals surface area contributed by atoms with E-state index in [1.165, 1.54) is 64.1 Å². The van der Waals surface area contributed by atoms with Crippen LogP contribution in [-0.2, 0) is 15.0 Å². The van der Waals surface area contributed by atoms with Gasteiger partial charge in [-0.15, -0.1) is 18.3 Å². The number of amidine groups is 1. The summed E-state index contributed by atoms with van der Waals surface area (Å²) in [6, 6.07) is 16.9. The Hall–Kier alpha value is -4.52. The highest BCUT2D eigenvalue weighted by molar-refractivity contribution is 8.15. The van der Waals surface area contributed by atoms with Crippen LogP contribution in [0.15, 0.2) is 78.0 Å². The number of thioether (sulfide) groups is 1. The van der Waals surface area contributed by atoms with Gasteiger partial charge in [0.05, 0.1) is 17.1 Å². The molecular formula is C32H29F4N5O3S. The molecule has 8 nitrogen and oxygen atoms in total. The van der Waals surface area contributed by atoms with Gasteiger partial charge >= 0.3 is 6.36 Å². The van der Waals surface area contributed by atoms with Crippen molar-refractivity contribution in [2.45, 2.75) is 51.8 Å². The predicted molar refractivity (Wildman–Crippen MR) is 164 cm³/mol. The first-order valence-corrected chi connectivity index (χ1v) is 14.9. The van der Waals surface area contributed by atoms with E-state index in [1.807, 2.05) is 52.0 Å². The SMILES string of the molecule is CC(C)c1cc(F)ccc1N1C(=O)CSC1=NC(=O)CC(C)(C)c1ccc(-c2ncn(-c3ccc(OC(F)(F)F)cc3)n2)cc1. The van der Waals surface area contributed by atoms with E-state index >= 15 is 0 Å². The van der Waals surface area contributed by atoms with Gasteiger partial charge in [0.1, 0.15) is 17.9 Å². The van der Waals surface area contributed by atoms with Gasteiger partial charge in [-0.25, -0.2) is 14.1 Å². The molecule has 0 bridgehead atoms. The van der Waals surface area contributed by atoms with Crippen molar-refractivity contribution in [3.63, 3.8) is 0 Å². The van der Waals surface area contributed by atoms with Crippen LogP contribution < -0.4 is 9.64 Å². The fourth-order valence-electron chi connectivity index (χ4n) is 4.89. The van der Waals surface area contributed by atoms with Crippen molar-refractivity contribution < 1.29 is 31.9 Å². The zero-order chi connectivity index (χ0) is 32.5. The van der Waals surface area contributed by atoms with Crippen LogP contribution in [-0.4, -0.2) is 43.9 Å². The molecule has 1 fully saturated rings. The van der Waals surface area contributed by atoms with E-state index < -0.39 is 23.5 Å². The number of rotatable bonds is 8. The van der Waals surface area contributed by atoms with Crippen molar-refractivity contribution in [3.05, 3.63) is 90.0 Å². The highest BCUT2D eigenvalue weighted by Crippen LogP contribution is 2.35. The Morgan fingerprint density at radius 2 is 1.73 bits per heavy atom. The molecule has 0 aliphatic carbocycles. The Kier molecular flexibility index (Phi) is 8.83. The van der Waals surface area contributed by atoms with E-state index in [-0.39, 0.29) is 34.9 Å². The van der Waals surface area contributed by atoms with Crippen molar-refractivity contribution in [1.82, 2.24) is 14.8 Å². The van der Waals surface area contributed by atoms with E-state index in [4.69, 9.17) is 0 Å². The Bertz CT molecular complexity index is 1750. The smallest absolute Gasteiger partial charge is 0.406 e. The van der Waals surface area contributed by atoms with Gasteiger partial charge in [-0.1, -0.05) is 63.7 Å². The molecular weight excluding hydrogens is 610 g/mol. The van der Waals surface area contributed by atoms with Crippen LogP contribution in [0.2, 0.25) is 0 Å². The summed E-state index contributed by atoms with van der Waals surface area (Å²) in [6.45, 7) is 7.64. The molecule has 45 heavy (non-hydrogen) atoms. The molecule has 5 rings (SSSR count). The molecule has 1 aliphatic rings. The van der Waals surface area contributed by atoms with E-state index in [2.05, 4.69) is 19.8 Å². The van der Waals surface area contributed by atoms with Gasteiger partial charge in [-0.2, -0.15) is 4.99 Å². The van der Waals surface area contributed by atoms with Gasteiger partial charge in [0.25, 0.3) is 0 Å². The Morgan fingerprint density at radius 3 is 2.38 bits per heavy atom. The van der Waals surface area contributed by atoms with E-state index in [1.54, 1.807) is 6.07 Å². The molecule has 0 atom stereocenters. The van der Waals surface area contributed by atoms with Crippen molar-refractivity contribution >= 4 is 34.4 Å². The van der Waals surface area contributed by atoms with Gasteiger partial charge in [-0.3, -0.25) is 14.5 Å². The summed E-state index contributed by atoms with van der Waals surface area (Å²) < 4.78 is 56.6. The molecule has 1 saturated heterocycles. The summed E-state index contributed by atoms with van der Waals surface area (Å²) in [7, 11) is 0. The quantitative estimate of drug-likeness (QED) is 0.186. The number of hydrogen-bond acceptors (Lipinski definition) is 6. The molecule has 0 unspecified atom stereocenters. The van der Waals surface area contributed by atoms with Crippen LogP contribution >= 0.6 is 11.8 Å². The van der Waals surface area contributed by atoms with Crippen LogP contribution in [0.3, 0.4) is 0 Å². The van der Waals surface area contributed by atoms with E-state index in [0.717, 1.165) is 5.56 Å². The van der Waals surface area contributed by atoms with Gasteiger partial charge in [0.2, 0.25) is 11.8 Å². The first kappa shape index (κ1) is 31.9. The number of benzene rings is 3. The summed E-state index contributed by atoms with van der Waals surface area (Å²) >= 11 is 1.18. The van der Waals surface area contributed by atoms with Crippen molar-refractivity contribution in [3.8, 4) is 22.8 Å². The monoisotopic (exact) mass is 639 g/mol. The van der Waals surface area contributed by atoms with Crippen molar-refractivity contribution in [2.24, 2.45) is 4.99 Å². The van der Waals surface area contributed by atoms with Crippen LogP contribution in [0.1, 0.15) is 51.2 Å². The van der Waals surface area contributed by atoms with E-state index in [9.17, 15) is 27.2 Å². The highest BCUT2D eigenvalue weighted by Gasteiger charge is 2.34. The van der Waals surface area contributed by atoms with Gasteiger partial charge in [0.15, 0.2) is 11.0 Å². The molecule has 234 valence electrons. The molecule has 2 amide bonds. The number of halogens is 4. The van der Waals surface area contributed by atoms with Crippen LogP contribution in [0.4, 0.5) is 23.2 Å². The van der Waals surface area contributed by atoms with Crippen LogP contribution in [0, 0.1) is 5.82 Å². The lowest BCUT2D eigenvalue weighted by Crippen LogP contribution is -2.31. The molecule has 4 aromatic rings. The minimum Gasteiger partial charge on any atom is -0.406 e. The number of hydrogen-bond donors (Lipinski definition) is 0. The number of alkyl halides is 3. The maximum absolute atomic E-state index is 14.0. The second-order valence-corrected chi connectivity index (χ2v) is 12.3. The zero-order valence-corrected chi connectivity index (χ0v) is 25.6. The lowest BCUT2D eigenvalue weighted by Gasteiger charge is -2.24. The number of ether oxygens (including phenoxy) is 1. The third-order valence-corrected chi connectivity index (χ3v) is 8.11.